The van der Waals surface area contributed by atoms with Gasteiger partial charge in [0.2, 0.25) is 0 Å². The standard InChI is InChI=1S/C18H17NO3S/c1-20-13-6-7-14-17(11-13)23-18(19-14)9-5-12-4-8-15(21-2)16(10-12)22-3/h4-11H,1-3H3/b9-5+. The first-order chi connectivity index (χ1) is 11.2. The molecule has 118 valence electrons. The quantitative estimate of drug-likeness (QED) is 0.692. The van der Waals surface area contributed by atoms with Crippen LogP contribution in [0.3, 0.4) is 0 Å². The van der Waals surface area contributed by atoms with Crippen molar-refractivity contribution in [1.82, 2.24) is 4.98 Å². The predicted octanol–water partition coefficient (Wildman–Crippen LogP) is 4.49. The van der Waals surface area contributed by atoms with E-state index in [0.29, 0.717) is 5.75 Å². The third-order valence-electron chi connectivity index (χ3n) is 3.44. The van der Waals surface area contributed by atoms with Crippen LogP contribution in [0, 0.1) is 0 Å². The molecule has 0 fully saturated rings. The number of nitrogens with zero attached hydrogens (tertiary/aromatic N) is 1. The van der Waals surface area contributed by atoms with E-state index in [4.69, 9.17) is 14.2 Å². The van der Waals surface area contributed by atoms with Gasteiger partial charge in [0.1, 0.15) is 10.8 Å². The van der Waals surface area contributed by atoms with Crippen molar-refractivity contribution in [1.29, 1.82) is 0 Å². The van der Waals surface area contributed by atoms with Gasteiger partial charge in [0.05, 0.1) is 31.5 Å². The molecular formula is C18H17NO3S. The van der Waals surface area contributed by atoms with E-state index in [9.17, 15) is 0 Å². The average Bonchev–Trinajstić information content (AvgIpc) is 3.01. The molecule has 0 amide bonds. The molecule has 23 heavy (non-hydrogen) atoms. The topological polar surface area (TPSA) is 40.6 Å². The van der Waals surface area contributed by atoms with Gasteiger partial charge in [0.25, 0.3) is 0 Å². The Kier molecular flexibility index (Phi) is 4.48. The van der Waals surface area contributed by atoms with Crippen LogP contribution in [0.2, 0.25) is 0 Å². The maximum atomic E-state index is 5.32. The maximum absolute atomic E-state index is 5.32. The van der Waals surface area contributed by atoms with Crippen LogP contribution >= 0.6 is 11.3 Å². The summed E-state index contributed by atoms with van der Waals surface area (Å²) in [6.45, 7) is 0. The Morgan fingerprint density at radius 1 is 0.870 bits per heavy atom. The van der Waals surface area contributed by atoms with Crippen LogP contribution in [0.1, 0.15) is 10.6 Å². The van der Waals surface area contributed by atoms with Crippen LogP contribution in [-0.2, 0) is 0 Å². The highest BCUT2D eigenvalue weighted by Crippen LogP contribution is 2.30. The molecule has 3 rings (SSSR count). The summed E-state index contributed by atoms with van der Waals surface area (Å²) in [4.78, 5) is 4.60. The van der Waals surface area contributed by atoms with Crippen LogP contribution in [-0.4, -0.2) is 26.3 Å². The minimum Gasteiger partial charge on any atom is -0.497 e. The van der Waals surface area contributed by atoms with Gasteiger partial charge in [0.15, 0.2) is 11.5 Å². The zero-order valence-corrected chi connectivity index (χ0v) is 14.0. The minimum absolute atomic E-state index is 0.712. The van der Waals surface area contributed by atoms with Gasteiger partial charge < -0.3 is 14.2 Å². The fourth-order valence-electron chi connectivity index (χ4n) is 2.25. The molecule has 0 saturated carbocycles. The second-order valence-corrected chi connectivity index (χ2v) is 5.90. The third kappa shape index (κ3) is 3.29. The lowest BCUT2D eigenvalue weighted by Crippen LogP contribution is -1.90. The first-order valence-corrected chi connectivity index (χ1v) is 7.90. The Bertz CT molecular complexity index is 855. The van der Waals surface area contributed by atoms with E-state index in [0.717, 1.165) is 32.3 Å². The van der Waals surface area contributed by atoms with Gasteiger partial charge in [-0.1, -0.05) is 12.1 Å². The van der Waals surface area contributed by atoms with E-state index >= 15 is 0 Å². The van der Waals surface area contributed by atoms with E-state index in [2.05, 4.69) is 4.98 Å². The Morgan fingerprint density at radius 2 is 1.70 bits per heavy atom. The Morgan fingerprint density at radius 3 is 2.43 bits per heavy atom. The van der Waals surface area contributed by atoms with Crippen LogP contribution in [0.25, 0.3) is 22.4 Å². The summed E-state index contributed by atoms with van der Waals surface area (Å²) in [5.74, 6) is 2.27. The molecule has 0 spiro atoms. The van der Waals surface area contributed by atoms with Crippen molar-refractivity contribution in [3.8, 4) is 17.2 Å². The first-order valence-electron chi connectivity index (χ1n) is 7.08. The highest BCUT2D eigenvalue weighted by atomic mass is 32.1. The number of benzene rings is 2. The maximum Gasteiger partial charge on any atom is 0.161 e. The SMILES string of the molecule is COc1ccc2nc(/C=C/c3ccc(OC)c(OC)c3)sc2c1. The second-order valence-electron chi connectivity index (χ2n) is 4.83. The number of fused-ring (bicyclic) bond motifs is 1. The lowest BCUT2D eigenvalue weighted by atomic mass is 10.2. The van der Waals surface area contributed by atoms with Gasteiger partial charge in [-0.05, 0) is 42.0 Å². The number of thiazole rings is 1. The minimum atomic E-state index is 0.712. The number of ether oxygens (including phenoxy) is 3. The molecule has 1 aromatic heterocycles. The van der Waals surface area contributed by atoms with Crippen molar-refractivity contribution in [2.75, 3.05) is 21.3 Å². The normalized spacial score (nSPS) is 11.1. The molecule has 3 aromatic rings. The summed E-state index contributed by atoms with van der Waals surface area (Å²) in [6, 6.07) is 11.7. The van der Waals surface area contributed by atoms with Gasteiger partial charge >= 0.3 is 0 Å². The molecule has 0 saturated heterocycles. The van der Waals surface area contributed by atoms with Crippen molar-refractivity contribution in [2.24, 2.45) is 0 Å². The summed E-state index contributed by atoms with van der Waals surface area (Å²) < 4.78 is 16.9. The van der Waals surface area contributed by atoms with E-state index in [1.807, 2.05) is 48.6 Å². The molecule has 0 radical (unpaired) electrons. The lowest BCUT2D eigenvalue weighted by molar-refractivity contribution is 0.355. The Hall–Kier alpha value is -2.53. The second kappa shape index (κ2) is 6.71. The van der Waals surface area contributed by atoms with Crippen molar-refractivity contribution < 1.29 is 14.2 Å². The molecule has 4 nitrogen and oxygen atoms in total. The molecule has 5 heteroatoms. The van der Waals surface area contributed by atoms with E-state index in [1.165, 1.54) is 0 Å². The summed E-state index contributed by atoms with van der Waals surface area (Å²) in [5, 5.41) is 0.947. The molecular weight excluding hydrogens is 310 g/mol. The van der Waals surface area contributed by atoms with Crippen LogP contribution in [0.15, 0.2) is 36.4 Å². The molecule has 0 N–H and O–H groups in total. The van der Waals surface area contributed by atoms with Gasteiger partial charge in [-0.25, -0.2) is 4.98 Å². The summed E-state index contributed by atoms with van der Waals surface area (Å²) >= 11 is 1.63. The molecule has 0 aliphatic carbocycles. The smallest absolute Gasteiger partial charge is 0.161 e. The van der Waals surface area contributed by atoms with Crippen LogP contribution in [0.4, 0.5) is 0 Å². The lowest BCUT2D eigenvalue weighted by Gasteiger charge is -2.07. The summed E-state index contributed by atoms with van der Waals surface area (Å²) in [5.41, 5.74) is 2.00. The number of aromatic nitrogens is 1. The molecule has 0 atom stereocenters. The van der Waals surface area contributed by atoms with E-state index < -0.39 is 0 Å². The number of rotatable bonds is 5. The number of hydrogen-bond acceptors (Lipinski definition) is 5. The highest BCUT2D eigenvalue weighted by Gasteiger charge is 2.04. The van der Waals surface area contributed by atoms with Crippen LogP contribution < -0.4 is 14.2 Å². The number of hydrogen-bond donors (Lipinski definition) is 0. The van der Waals surface area contributed by atoms with E-state index in [-0.39, 0.29) is 0 Å². The Labute approximate surface area is 139 Å². The third-order valence-corrected chi connectivity index (χ3v) is 4.42. The van der Waals surface area contributed by atoms with Gasteiger partial charge in [-0.2, -0.15) is 0 Å². The monoisotopic (exact) mass is 327 g/mol. The number of methoxy groups -OCH3 is 3. The zero-order valence-electron chi connectivity index (χ0n) is 13.2. The molecule has 0 aliphatic rings. The molecule has 0 unspecified atom stereocenters. The first kappa shape index (κ1) is 15.4. The van der Waals surface area contributed by atoms with Crippen molar-refractivity contribution in [2.45, 2.75) is 0 Å². The molecule has 1 heterocycles. The molecule has 0 bridgehead atoms. The van der Waals surface area contributed by atoms with E-state index in [1.54, 1.807) is 32.7 Å². The fourth-order valence-corrected chi connectivity index (χ4v) is 3.14. The molecule has 2 aromatic carbocycles. The highest BCUT2D eigenvalue weighted by molar-refractivity contribution is 7.19. The Balaban J connectivity index is 1.87. The summed E-state index contributed by atoms with van der Waals surface area (Å²) in [6.07, 6.45) is 4.01. The molecule has 0 aliphatic heterocycles. The summed E-state index contributed by atoms with van der Waals surface area (Å²) in [7, 11) is 4.93. The predicted molar refractivity (Wildman–Crippen MR) is 94.6 cm³/mol. The van der Waals surface area contributed by atoms with Crippen molar-refractivity contribution in [3.63, 3.8) is 0 Å². The van der Waals surface area contributed by atoms with Gasteiger partial charge in [-0.15, -0.1) is 11.3 Å². The fraction of sp³-hybridized carbons (Fsp3) is 0.167. The van der Waals surface area contributed by atoms with Gasteiger partial charge in [0, 0.05) is 0 Å². The average molecular weight is 327 g/mol. The zero-order chi connectivity index (χ0) is 16.2. The van der Waals surface area contributed by atoms with Crippen molar-refractivity contribution in [3.05, 3.63) is 47.0 Å². The van der Waals surface area contributed by atoms with Crippen molar-refractivity contribution >= 4 is 33.7 Å². The van der Waals surface area contributed by atoms with Gasteiger partial charge in [-0.3, -0.25) is 0 Å². The van der Waals surface area contributed by atoms with Crippen LogP contribution in [0.5, 0.6) is 17.2 Å². The largest absolute Gasteiger partial charge is 0.497 e.